The zero-order chi connectivity index (χ0) is 23.5. The highest BCUT2D eigenvalue weighted by atomic mass is 35.5. The van der Waals surface area contributed by atoms with Gasteiger partial charge in [0.1, 0.15) is 11.6 Å². The number of benzene rings is 2. The van der Waals surface area contributed by atoms with E-state index in [2.05, 4.69) is 10.6 Å². The molecule has 1 saturated heterocycles. The first kappa shape index (κ1) is 23.9. The van der Waals surface area contributed by atoms with Gasteiger partial charge >= 0.3 is 6.03 Å². The maximum atomic E-state index is 13.5. The highest BCUT2D eigenvalue weighted by Gasteiger charge is 2.46. The molecule has 13 heteroatoms. The lowest BCUT2D eigenvalue weighted by atomic mass is 10.3. The van der Waals surface area contributed by atoms with Crippen LogP contribution in [-0.4, -0.2) is 61.9 Å². The molecule has 0 spiro atoms. The van der Waals surface area contributed by atoms with E-state index in [0.717, 1.165) is 33.5 Å². The monoisotopic (exact) mass is 487 g/mol. The van der Waals surface area contributed by atoms with Crippen LogP contribution >= 0.6 is 11.6 Å². The Morgan fingerprint density at radius 1 is 1.16 bits per heavy atom. The first-order valence-electron chi connectivity index (χ1n) is 9.43. The summed E-state index contributed by atoms with van der Waals surface area (Å²) in [6.45, 7) is -0.205. The topological polar surface area (TPSA) is 125 Å². The number of hydrogen-bond donors (Lipinski definition) is 3. The van der Waals surface area contributed by atoms with E-state index in [1.54, 1.807) is 0 Å². The minimum Gasteiger partial charge on any atom is -0.352 e. The summed E-state index contributed by atoms with van der Waals surface area (Å²) >= 11 is 5.72. The van der Waals surface area contributed by atoms with Crippen molar-refractivity contribution in [1.29, 1.82) is 0 Å². The van der Waals surface area contributed by atoms with E-state index in [4.69, 9.17) is 17.3 Å². The third kappa shape index (κ3) is 4.99. The van der Waals surface area contributed by atoms with Crippen molar-refractivity contribution in [3.8, 4) is 0 Å². The van der Waals surface area contributed by atoms with Crippen molar-refractivity contribution >= 4 is 39.2 Å². The molecule has 0 bridgehead atoms. The van der Waals surface area contributed by atoms with Gasteiger partial charge in [0.2, 0.25) is 10.0 Å². The number of carbonyl (C=O) groups is 2. The fourth-order valence-corrected chi connectivity index (χ4v) is 4.98. The summed E-state index contributed by atoms with van der Waals surface area (Å²) in [5.41, 5.74) is 5.53. The molecule has 0 aliphatic carbocycles. The van der Waals surface area contributed by atoms with Crippen molar-refractivity contribution < 1.29 is 26.8 Å². The van der Waals surface area contributed by atoms with Crippen molar-refractivity contribution in [2.45, 2.75) is 11.1 Å². The Morgan fingerprint density at radius 3 is 2.56 bits per heavy atom. The second-order valence-corrected chi connectivity index (χ2v) is 9.08. The first-order chi connectivity index (χ1) is 15.1. The van der Waals surface area contributed by atoms with Gasteiger partial charge in [0.25, 0.3) is 5.91 Å². The minimum atomic E-state index is -4.33. The molecular weight excluding hydrogens is 468 g/mol. The standard InChI is InChI=1S/C19H20ClF2N5O4S/c20-15-11-14(4-5-16(15)22)32(30,31)27-9-8-26(18(27)17(28)24-7-6-23)19(29)25-13-3-1-2-12(21)10-13/h1-5,10-11,18H,6-9,23H2,(H,24,28)(H,25,29). The molecule has 2 aromatic carbocycles. The third-order valence-electron chi connectivity index (χ3n) is 4.64. The number of nitrogens with zero attached hydrogens (tertiary/aromatic N) is 2. The summed E-state index contributed by atoms with van der Waals surface area (Å²) < 4.78 is 54.1. The number of hydrogen-bond acceptors (Lipinski definition) is 5. The highest BCUT2D eigenvalue weighted by molar-refractivity contribution is 7.89. The lowest BCUT2D eigenvalue weighted by molar-refractivity contribution is -0.127. The maximum Gasteiger partial charge on any atom is 0.323 e. The number of halogens is 3. The van der Waals surface area contributed by atoms with Crippen molar-refractivity contribution in [3.05, 3.63) is 59.1 Å². The number of urea groups is 1. The quantitative estimate of drug-likeness (QED) is 0.570. The van der Waals surface area contributed by atoms with Crippen LogP contribution in [0.4, 0.5) is 19.3 Å². The number of rotatable bonds is 6. The normalized spacial score (nSPS) is 16.8. The Kier molecular flexibility index (Phi) is 7.29. The molecule has 1 fully saturated rings. The van der Waals surface area contributed by atoms with Crippen LogP contribution in [0.15, 0.2) is 47.4 Å². The Balaban J connectivity index is 1.92. The fraction of sp³-hybridized carbons (Fsp3) is 0.263. The van der Waals surface area contributed by atoms with E-state index in [0.29, 0.717) is 0 Å². The molecule has 3 rings (SSSR count). The van der Waals surface area contributed by atoms with Gasteiger partial charge in [-0.25, -0.2) is 22.0 Å². The third-order valence-corrected chi connectivity index (χ3v) is 6.78. The molecule has 0 aromatic heterocycles. The highest BCUT2D eigenvalue weighted by Crippen LogP contribution is 2.28. The second-order valence-electron chi connectivity index (χ2n) is 6.78. The summed E-state index contributed by atoms with van der Waals surface area (Å²) in [5, 5.41) is 4.51. The summed E-state index contributed by atoms with van der Waals surface area (Å²) in [6.07, 6.45) is -1.55. The van der Waals surface area contributed by atoms with Gasteiger partial charge in [-0.15, -0.1) is 0 Å². The zero-order valence-electron chi connectivity index (χ0n) is 16.6. The Hall–Kier alpha value is -2.80. The molecule has 9 nitrogen and oxygen atoms in total. The van der Waals surface area contributed by atoms with Crippen molar-refractivity contribution in [2.24, 2.45) is 5.73 Å². The van der Waals surface area contributed by atoms with Gasteiger partial charge in [0, 0.05) is 31.9 Å². The van der Waals surface area contributed by atoms with E-state index in [1.165, 1.54) is 18.2 Å². The van der Waals surface area contributed by atoms with E-state index in [-0.39, 0.29) is 36.8 Å². The molecule has 1 heterocycles. The second kappa shape index (κ2) is 9.77. The molecule has 172 valence electrons. The largest absolute Gasteiger partial charge is 0.352 e. The molecular formula is C19H20ClF2N5O4S. The van der Waals surface area contributed by atoms with E-state index < -0.39 is 44.8 Å². The number of carbonyl (C=O) groups excluding carboxylic acids is 2. The average molecular weight is 488 g/mol. The number of amides is 3. The van der Waals surface area contributed by atoms with Crippen LogP contribution in [-0.2, 0) is 14.8 Å². The summed E-state index contributed by atoms with van der Waals surface area (Å²) in [4.78, 5) is 26.3. The van der Waals surface area contributed by atoms with Gasteiger partial charge in [-0.1, -0.05) is 17.7 Å². The number of nitrogens with one attached hydrogen (secondary N) is 2. The minimum absolute atomic E-state index is 0.0466. The van der Waals surface area contributed by atoms with Crippen molar-refractivity contribution in [1.82, 2.24) is 14.5 Å². The van der Waals surface area contributed by atoms with Crippen LogP contribution in [0.1, 0.15) is 0 Å². The molecule has 4 N–H and O–H groups in total. The lowest BCUT2D eigenvalue weighted by Gasteiger charge is -2.28. The molecule has 0 radical (unpaired) electrons. The smallest absolute Gasteiger partial charge is 0.323 e. The molecule has 32 heavy (non-hydrogen) atoms. The SMILES string of the molecule is NCCNC(=O)C1N(C(=O)Nc2cccc(F)c2)CCN1S(=O)(=O)c1ccc(F)c(Cl)c1. The molecule has 1 aliphatic heterocycles. The Labute approximate surface area is 188 Å². The average Bonchev–Trinajstić information content (AvgIpc) is 3.20. The van der Waals surface area contributed by atoms with Crippen LogP contribution in [0, 0.1) is 11.6 Å². The summed E-state index contributed by atoms with van der Waals surface area (Å²) in [7, 11) is -4.33. The maximum absolute atomic E-state index is 13.5. The van der Waals surface area contributed by atoms with E-state index >= 15 is 0 Å². The number of sulfonamides is 1. The lowest BCUT2D eigenvalue weighted by Crippen LogP contribution is -2.55. The van der Waals surface area contributed by atoms with Crippen LogP contribution in [0.3, 0.4) is 0 Å². The van der Waals surface area contributed by atoms with Gasteiger partial charge in [-0.05, 0) is 36.4 Å². The summed E-state index contributed by atoms with van der Waals surface area (Å²) in [6, 6.07) is 7.12. The van der Waals surface area contributed by atoms with Crippen LogP contribution in [0.25, 0.3) is 0 Å². The fourth-order valence-electron chi connectivity index (χ4n) is 3.16. The van der Waals surface area contributed by atoms with Crippen LogP contribution in [0.2, 0.25) is 5.02 Å². The van der Waals surface area contributed by atoms with E-state index in [1.807, 2.05) is 0 Å². The van der Waals surface area contributed by atoms with Gasteiger partial charge < -0.3 is 16.4 Å². The summed E-state index contributed by atoms with van der Waals surface area (Å²) in [5.74, 6) is -2.17. The molecule has 1 aliphatic rings. The Morgan fingerprint density at radius 2 is 1.91 bits per heavy atom. The van der Waals surface area contributed by atoms with Gasteiger partial charge in [0.15, 0.2) is 6.17 Å². The Bertz CT molecular complexity index is 1130. The van der Waals surface area contributed by atoms with Crippen molar-refractivity contribution in [2.75, 3.05) is 31.5 Å². The number of anilines is 1. The predicted octanol–water partition coefficient (Wildman–Crippen LogP) is 1.56. The van der Waals surface area contributed by atoms with Crippen LogP contribution < -0.4 is 16.4 Å². The molecule has 1 unspecified atom stereocenters. The molecule has 0 saturated carbocycles. The van der Waals surface area contributed by atoms with E-state index in [9.17, 15) is 26.8 Å². The van der Waals surface area contributed by atoms with Gasteiger partial charge in [0.05, 0.1) is 9.92 Å². The van der Waals surface area contributed by atoms with Gasteiger partial charge in [-0.2, -0.15) is 4.31 Å². The molecule has 2 aromatic rings. The first-order valence-corrected chi connectivity index (χ1v) is 11.2. The van der Waals surface area contributed by atoms with Crippen LogP contribution in [0.5, 0.6) is 0 Å². The predicted molar refractivity (Wildman–Crippen MR) is 113 cm³/mol. The zero-order valence-corrected chi connectivity index (χ0v) is 18.2. The van der Waals surface area contributed by atoms with Crippen molar-refractivity contribution in [3.63, 3.8) is 0 Å². The molecule has 1 atom stereocenters. The van der Waals surface area contributed by atoms with Gasteiger partial charge in [-0.3, -0.25) is 9.69 Å². The number of nitrogens with two attached hydrogens (primary N) is 1. The molecule has 3 amide bonds.